The molecule has 0 bridgehead atoms. The van der Waals surface area contributed by atoms with E-state index < -0.39 is 11.9 Å². The zero-order valence-corrected chi connectivity index (χ0v) is 21.4. The number of nitrogens with one attached hydrogen (secondary N) is 1. The molecule has 1 aliphatic carbocycles. The molecular weight excluding hydrogens is 530 g/mol. The summed E-state index contributed by atoms with van der Waals surface area (Å²) in [5.41, 5.74) is 5.38. The third-order valence-corrected chi connectivity index (χ3v) is 7.08. The molecule has 35 heavy (non-hydrogen) atoms. The molecule has 3 aromatic carbocycles. The van der Waals surface area contributed by atoms with Crippen molar-refractivity contribution >= 4 is 45.0 Å². The standard InChI is InChI=1S/C28H21BrClNO4/c1-15-23(28(33)34-2)24(25-26(31-15)19-5-3-4-6-20(19)27(25)32)17-9-12-22(21(30)13-17)35-14-16-7-10-18(29)11-8-16/h3-13,24,31H,14H2,1-2H3. The normalized spacial score (nSPS) is 16.6. The van der Waals surface area contributed by atoms with Crippen LogP contribution in [0.25, 0.3) is 5.70 Å². The second-order valence-electron chi connectivity index (χ2n) is 8.36. The van der Waals surface area contributed by atoms with E-state index in [2.05, 4.69) is 21.2 Å². The van der Waals surface area contributed by atoms with Gasteiger partial charge in [0.15, 0.2) is 5.78 Å². The van der Waals surface area contributed by atoms with Crippen molar-refractivity contribution in [3.8, 4) is 5.75 Å². The van der Waals surface area contributed by atoms with Crippen LogP contribution in [-0.4, -0.2) is 18.9 Å². The molecule has 1 aliphatic heterocycles. The van der Waals surface area contributed by atoms with E-state index in [4.69, 9.17) is 21.1 Å². The quantitative estimate of drug-likeness (QED) is 0.371. The zero-order valence-electron chi connectivity index (χ0n) is 19.0. The van der Waals surface area contributed by atoms with Crippen LogP contribution in [0, 0.1) is 0 Å². The molecule has 0 saturated carbocycles. The number of fused-ring (bicyclic) bond motifs is 2. The summed E-state index contributed by atoms with van der Waals surface area (Å²) in [7, 11) is 1.33. The first-order valence-corrected chi connectivity index (χ1v) is 12.2. The van der Waals surface area contributed by atoms with Gasteiger partial charge in [0.1, 0.15) is 12.4 Å². The summed E-state index contributed by atoms with van der Waals surface area (Å²) < 4.78 is 12.0. The summed E-state index contributed by atoms with van der Waals surface area (Å²) in [6, 6.07) is 20.6. The monoisotopic (exact) mass is 549 g/mol. The lowest BCUT2D eigenvalue weighted by Crippen LogP contribution is -2.29. The number of benzene rings is 3. The molecular formula is C28H21BrClNO4. The molecule has 2 aliphatic rings. The molecule has 0 spiro atoms. The van der Waals surface area contributed by atoms with Crippen LogP contribution in [0.3, 0.4) is 0 Å². The Balaban J connectivity index is 1.53. The van der Waals surface area contributed by atoms with E-state index in [1.807, 2.05) is 55.5 Å². The second-order valence-corrected chi connectivity index (χ2v) is 9.68. The van der Waals surface area contributed by atoms with Crippen molar-refractivity contribution in [3.63, 3.8) is 0 Å². The molecule has 3 aromatic rings. The number of dihydropyridines is 1. The Morgan fingerprint density at radius 3 is 2.46 bits per heavy atom. The number of carbonyl (C=O) groups is 2. The van der Waals surface area contributed by atoms with Gasteiger partial charge in [-0.3, -0.25) is 4.79 Å². The predicted octanol–water partition coefficient (Wildman–Crippen LogP) is 6.42. The van der Waals surface area contributed by atoms with Crippen LogP contribution in [0.2, 0.25) is 5.02 Å². The van der Waals surface area contributed by atoms with Gasteiger partial charge < -0.3 is 14.8 Å². The fraction of sp³-hybridized carbons (Fsp3) is 0.143. The maximum Gasteiger partial charge on any atom is 0.336 e. The van der Waals surface area contributed by atoms with Crippen molar-refractivity contribution in [2.45, 2.75) is 19.4 Å². The number of Topliss-reactive ketones (excluding diaryl/α,β-unsaturated/α-hetero) is 1. The number of hydrogen-bond donors (Lipinski definition) is 1. The van der Waals surface area contributed by atoms with Crippen molar-refractivity contribution in [2.75, 3.05) is 7.11 Å². The summed E-state index contributed by atoms with van der Waals surface area (Å²) >= 11 is 10.1. The molecule has 1 unspecified atom stereocenters. The number of rotatable bonds is 5. The summed E-state index contributed by atoms with van der Waals surface area (Å²) in [4.78, 5) is 26.3. The van der Waals surface area contributed by atoms with Gasteiger partial charge in [-0.05, 0) is 42.3 Å². The summed E-state index contributed by atoms with van der Waals surface area (Å²) in [6.45, 7) is 2.17. The first kappa shape index (κ1) is 23.4. The molecule has 0 saturated heterocycles. The average molecular weight is 551 g/mol. The molecule has 176 valence electrons. The molecule has 1 N–H and O–H groups in total. The molecule has 0 amide bonds. The van der Waals surface area contributed by atoms with Crippen LogP contribution in [0.5, 0.6) is 5.75 Å². The highest BCUT2D eigenvalue weighted by Gasteiger charge is 2.42. The van der Waals surface area contributed by atoms with E-state index in [-0.39, 0.29) is 5.78 Å². The van der Waals surface area contributed by atoms with E-state index in [1.54, 1.807) is 18.2 Å². The first-order valence-electron chi connectivity index (χ1n) is 11.0. The average Bonchev–Trinajstić information content (AvgIpc) is 3.14. The van der Waals surface area contributed by atoms with Crippen LogP contribution in [0.15, 0.2) is 88.0 Å². The number of hydrogen-bond acceptors (Lipinski definition) is 5. The maximum atomic E-state index is 13.5. The highest BCUT2D eigenvalue weighted by molar-refractivity contribution is 9.10. The van der Waals surface area contributed by atoms with E-state index >= 15 is 0 Å². The van der Waals surface area contributed by atoms with Crippen molar-refractivity contribution in [1.29, 1.82) is 0 Å². The second kappa shape index (κ2) is 9.36. The zero-order chi connectivity index (χ0) is 24.7. The highest BCUT2D eigenvalue weighted by Crippen LogP contribution is 2.47. The van der Waals surface area contributed by atoms with Crippen molar-refractivity contribution < 1.29 is 19.1 Å². The molecule has 5 nitrogen and oxygen atoms in total. The molecule has 0 radical (unpaired) electrons. The summed E-state index contributed by atoms with van der Waals surface area (Å²) in [5, 5.41) is 3.67. The van der Waals surface area contributed by atoms with E-state index in [0.29, 0.717) is 51.0 Å². The van der Waals surface area contributed by atoms with E-state index in [1.165, 1.54) is 7.11 Å². The number of allylic oxidation sites excluding steroid dienone is 2. The van der Waals surface area contributed by atoms with Crippen molar-refractivity contribution in [2.24, 2.45) is 0 Å². The van der Waals surface area contributed by atoms with E-state index in [0.717, 1.165) is 15.6 Å². The third kappa shape index (κ3) is 4.17. The smallest absolute Gasteiger partial charge is 0.336 e. The van der Waals surface area contributed by atoms with Gasteiger partial charge in [0.2, 0.25) is 0 Å². The van der Waals surface area contributed by atoms with Crippen molar-refractivity contribution in [1.82, 2.24) is 5.32 Å². The topological polar surface area (TPSA) is 64.6 Å². The molecule has 1 atom stereocenters. The molecule has 0 fully saturated rings. The van der Waals surface area contributed by atoms with Gasteiger partial charge in [-0.1, -0.05) is 70.0 Å². The first-order chi connectivity index (χ1) is 16.9. The highest BCUT2D eigenvalue weighted by atomic mass is 79.9. The Bertz CT molecular complexity index is 1430. The van der Waals surface area contributed by atoms with Crippen LogP contribution >= 0.6 is 27.5 Å². The Morgan fingerprint density at radius 2 is 1.77 bits per heavy atom. The molecule has 0 aromatic heterocycles. The Kier molecular flexibility index (Phi) is 6.26. The lowest BCUT2D eigenvalue weighted by atomic mass is 9.80. The summed E-state index contributed by atoms with van der Waals surface area (Å²) in [6.07, 6.45) is 0. The Hall–Kier alpha value is -3.35. The van der Waals surface area contributed by atoms with Gasteiger partial charge >= 0.3 is 5.97 Å². The number of methoxy groups -OCH3 is 1. The lowest BCUT2D eigenvalue weighted by molar-refractivity contribution is -0.136. The van der Waals surface area contributed by atoms with Gasteiger partial charge in [-0.2, -0.15) is 0 Å². The fourth-order valence-electron chi connectivity index (χ4n) is 4.60. The predicted molar refractivity (Wildman–Crippen MR) is 138 cm³/mol. The lowest BCUT2D eigenvalue weighted by Gasteiger charge is -2.29. The minimum atomic E-state index is -0.628. The SMILES string of the molecule is COC(=O)C1=C(C)NC2=C(C(=O)c3ccccc32)C1c1ccc(OCc2ccc(Br)cc2)c(Cl)c1. The van der Waals surface area contributed by atoms with Gasteiger partial charge in [-0.15, -0.1) is 0 Å². The largest absolute Gasteiger partial charge is 0.487 e. The van der Waals surface area contributed by atoms with Crippen molar-refractivity contribution in [3.05, 3.63) is 115 Å². The number of ether oxygens (including phenoxy) is 2. The number of carbonyl (C=O) groups excluding carboxylic acids is 2. The number of esters is 1. The number of ketones is 1. The minimum Gasteiger partial charge on any atom is -0.487 e. The van der Waals surface area contributed by atoms with Gasteiger partial charge in [0, 0.05) is 32.8 Å². The Morgan fingerprint density at radius 1 is 1.06 bits per heavy atom. The summed E-state index contributed by atoms with van der Waals surface area (Å²) in [5.74, 6) is -0.727. The van der Waals surface area contributed by atoms with E-state index in [9.17, 15) is 9.59 Å². The van der Waals surface area contributed by atoms with Gasteiger partial charge in [0.25, 0.3) is 0 Å². The Labute approximate surface area is 216 Å². The van der Waals surface area contributed by atoms with Gasteiger partial charge in [-0.25, -0.2) is 4.79 Å². The molecule has 7 heteroatoms. The minimum absolute atomic E-state index is 0.117. The third-order valence-electron chi connectivity index (χ3n) is 6.25. The number of halogens is 2. The molecule has 5 rings (SSSR count). The van der Waals surface area contributed by atoms with Crippen LogP contribution in [-0.2, 0) is 16.1 Å². The molecule has 1 heterocycles. The van der Waals surface area contributed by atoms with Crippen LogP contribution in [0.1, 0.15) is 39.9 Å². The van der Waals surface area contributed by atoms with Gasteiger partial charge in [0.05, 0.1) is 23.4 Å². The van der Waals surface area contributed by atoms with Crippen LogP contribution in [0.4, 0.5) is 0 Å². The maximum absolute atomic E-state index is 13.5. The fourth-order valence-corrected chi connectivity index (χ4v) is 5.11. The van der Waals surface area contributed by atoms with Crippen LogP contribution < -0.4 is 10.1 Å².